The molecule has 1 unspecified atom stereocenters. The fraction of sp³-hybridized carbons (Fsp3) is 0.950. The third kappa shape index (κ3) is 3.09. The zero-order valence-electron chi connectivity index (χ0n) is 17.0. The van der Waals surface area contributed by atoms with E-state index in [1.54, 1.807) is 0 Å². The number of nitriles is 1. The van der Waals surface area contributed by atoms with Crippen molar-refractivity contribution in [3.63, 3.8) is 0 Å². The van der Waals surface area contributed by atoms with Crippen LogP contribution in [0, 0.1) is 11.3 Å². The third-order valence-electron chi connectivity index (χ3n) is 6.87. The SMILES string of the molecule is CC(C)N(C(C)C)P1(C(C)C)(C(C)C)CCCCC1CCC#N. The summed E-state index contributed by atoms with van der Waals surface area (Å²) in [6.45, 7) is 17.5. The number of rotatable bonds is 7. The van der Waals surface area contributed by atoms with Gasteiger partial charge in [0.25, 0.3) is 0 Å². The van der Waals surface area contributed by atoms with Crippen LogP contribution in [0.25, 0.3) is 0 Å². The summed E-state index contributed by atoms with van der Waals surface area (Å²) in [7, 11) is 0. The molecule has 136 valence electrons. The van der Waals surface area contributed by atoms with Crippen molar-refractivity contribution in [3.8, 4) is 6.07 Å². The Morgan fingerprint density at radius 1 is 0.957 bits per heavy atom. The molecule has 0 aromatic carbocycles. The van der Waals surface area contributed by atoms with E-state index in [0.717, 1.165) is 29.8 Å². The van der Waals surface area contributed by atoms with E-state index in [1.165, 1.54) is 25.4 Å². The molecular formula is C20H41N2P. The first-order valence-corrected chi connectivity index (χ1v) is 12.4. The molecule has 0 amide bonds. The Balaban J connectivity index is 3.66. The van der Waals surface area contributed by atoms with Crippen molar-refractivity contribution in [2.45, 2.75) is 117 Å². The second kappa shape index (κ2) is 7.84. The Labute approximate surface area is 146 Å². The van der Waals surface area contributed by atoms with E-state index in [2.05, 4.69) is 66.1 Å². The summed E-state index contributed by atoms with van der Waals surface area (Å²) in [5.74, 6) is 0. The fourth-order valence-electron chi connectivity index (χ4n) is 6.51. The summed E-state index contributed by atoms with van der Waals surface area (Å²) in [5, 5.41) is 9.24. The number of nitrogens with zero attached hydrogens (tertiary/aromatic N) is 2. The van der Waals surface area contributed by atoms with Gasteiger partial charge in [-0.05, 0) is 0 Å². The van der Waals surface area contributed by atoms with Crippen LogP contribution in [0.4, 0.5) is 0 Å². The van der Waals surface area contributed by atoms with Gasteiger partial charge in [-0.3, -0.25) is 0 Å². The zero-order valence-corrected chi connectivity index (χ0v) is 17.9. The van der Waals surface area contributed by atoms with Gasteiger partial charge in [0.05, 0.1) is 0 Å². The molecule has 3 heteroatoms. The molecule has 0 bridgehead atoms. The number of hydrogen-bond donors (Lipinski definition) is 0. The van der Waals surface area contributed by atoms with Gasteiger partial charge in [-0.15, -0.1) is 0 Å². The molecule has 0 radical (unpaired) electrons. The van der Waals surface area contributed by atoms with E-state index in [1.807, 2.05) is 0 Å². The quantitative estimate of drug-likeness (QED) is 0.512. The van der Waals surface area contributed by atoms with E-state index in [0.29, 0.717) is 12.1 Å². The van der Waals surface area contributed by atoms with Crippen molar-refractivity contribution in [3.05, 3.63) is 0 Å². The van der Waals surface area contributed by atoms with Crippen molar-refractivity contribution in [2.24, 2.45) is 0 Å². The topological polar surface area (TPSA) is 27.0 Å². The minimum atomic E-state index is -2.13. The predicted molar refractivity (Wildman–Crippen MR) is 107 cm³/mol. The van der Waals surface area contributed by atoms with Crippen molar-refractivity contribution >= 4 is 6.75 Å². The van der Waals surface area contributed by atoms with Crippen molar-refractivity contribution in [1.29, 1.82) is 5.26 Å². The predicted octanol–water partition coefficient (Wildman–Crippen LogP) is 6.25. The van der Waals surface area contributed by atoms with Crippen molar-refractivity contribution in [2.75, 3.05) is 6.16 Å². The first-order chi connectivity index (χ1) is 10.7. The van der Waals surface area contributed by atoms with Crippen LogP contribution in [0.15, 0.2) is 0 Å². The molecule has 0 N–H and O–H groups in total. The van der Waals surface area contributed by atoms with E-state index in [4.69, 9.17) is 0 Å². The molecular weight excluding hydrogens is 299 g/mol. The Morgan fingerprint density at radius 2 is 1.48 bits per heavy atom. The Hall–Kier alpha value is -0.120. The second-order valence-electron chi connectivity index (χ2n) is 8.81. The van der Waals surface area contributed by atoms with Gasteiger partial charge in [0, 0.05) is 0 Å². The van der Waals surface area contributed by atoms with Crippen LogP contribution in [0.3, 0.4) is 0 Å². The Bertz CT molecular complexity index is 404. The van der Waals surface area contributed by atoms with Crippen molar-refractivity contribution in [1.82, 2.24) is 4.67 Å². The van der Waals surface area contributed by atoms with Crippen LogP contribution in [0.5, 0.6) is 0 Å². The maximum absolute atomic E-state index is 9.24. The van der Waals surface area contributed by atoms with Gasteiger partial charge in [-0.1, -0.05) is 0 Å². The Morgan fingerprint density at radius 3 is 1.87 bits per heavy atom. The summed E-state index contributed by atoms with van der Waals surface area (Å²) >= 11 is 0. The molecule has 0 aromatic heterocycles. The molecule has 1 heterocycles. The first kappa shape index (κ1) is 20.9. The monoisotopic (exact) mass is 340 g/mol. The summed E-state index contributed by atoms with van der Waals surface area (Å²) < 4.78 is 2.99. The molecule has 1 rings (SSSR count). The van der Waals surface area contributed by atoms with E-state index >= 15 is 0 Å². The summed E-state index contributed by atoms with van der Waals surface area (Å²) in [4.78, 5) is 0. The first-order valence-electron chi connectivity index (χ1n) is 9.82. The molecule has 1 aliphatic heterocycles. The van der Waals surface area contributed by atoms with E-state index in [-0.39, 0.29) is 0 Å². The third-order valence-corrected chi connectivity index (χ3v) is 17.2. The van der Waals surface area contributed by atoms with Crippen LogP contribution in [0.2, 0.25) is 0 Å². The Kier molecular flexibility index (Phi) is 7.13. The van der Waals surface area contributed by atoms with E-state index < -0.39 is 6.75 Å². The van der Waals surface area contributed by atoms with Gasteiger partial charge in [-0.25, -0.2) is 0 Å². The van der Waals surface area contributed by atoms with Crippen LogP contribution >= 0.6 is 6.75 Å². The molecule has 0 aromatic rings. The normalized spacial score (nSPS) is 25.7. The molecule has 1 atom stereocenters. The molecule has 0 spiro atoms. The van der Waals surface area contributed by atoms with Gasteiger partial charge >= 0.3 is 145 Å². The van der Waals surface area contributed by atoms with Crippen LogP contribution < -0.4 is 0 Å². The number of hydrogen-bond acceptors (Lipinski definition) is 2. The molecule has 1 aliphatic rings. The van der Waals surface area contributed by atoms with Gasteiger partial charge < -0.3 is 0 Å². The molecule has 2 nitrogen and oxygen atoms in total. The second-order valence-corrected chi connectivity index (χ2v) is 15.5. The summed E-state index contributed by atoms with van der Waals surface area (Å²) in [6, 6.07) is 3.61. The summed E-state index contributed by atoms with van der Waals surface area (Å²) in [5.41, 5.74) is 2.18. The average Bonchev–Trinajstić information content (AvgIpc) is 2.44. The van der Waals surface area contributed by atoms with Crippen LogP contribution in [-0.4, -0.2) is 39.9 Å². The van der Waals surface area contributed by atoms with Gasteiger partial charge in [0.1, 0.15) is 0 Å². The van der Waals surface area contributed by atoms with E-state index in [9.17, 15) is 5.26 Å². The van der Waals surface area contributed by atoms with Crippen molar-refractivity contribution < 1.29 is 0 Å². The molecule has 0 saturated carbocycles. The van der Waals surface area contributed by atoms with Gasteiger partial charge in [-0.2, -0.15) is 0 Å². The van der Waals surface area contributed by atoms with Gasteiger partial charge in [0.15, 0.2) is 0 Å². The van der Waals surface area contributed by atoms with Gasteiger partial charge in [0.2, 0.25) is 0 Å². The molecule has 1 fully saturated rings. The zero-order chi connectivity index (χ0) is 17.9. The average molecular weight is 341 g/mol. The molecule has 23 heavy (non-hydrogen) atoms. The van der Waals surface area contributed by atoms with Crippen LogP contribution in [-0.2, 0) is 0 Å². The standard InChI is InChI=1S/C20H41N2P/c1-16(2)22(17(3)4)23(18(5)6,19(7)8)15-10-9-12-20(23)13-11-14-21/h16-20H,9-13,15H2,1-8H3. The fourth-order valence-corrected chi connectivity index (χ4v) is 17.1. The molecule has 1 saturated heterocycles. The maximum atomic E-state index is 9.24. The molecule has 0 aliphatic carbocycles. The summed E-state index contributed by atoms with van der Waals surface area (Å²) in [6.07, 6.45) is 7.33. The van der Waals surface area contributed by atoms with Crippen LogP contribution in [0.1, 0.15) is 87.5 Å². The minimum absolute atomic E-state index is 0.583.